The Hall–Kier alpha value is -9.59. The van der Waals surface area contributed by atoms with Crippen LogP contribution in [-0.4, -0.2) is 144 Å². The summed E-state index contributed by atoms with van der Waals surface area (Å²) in [7, 11) is 0. The predicted octanol–water partition coefficient (Wildman–Crippen LogP) is 1.67. The van der Waals surface area contributed by atoms with Crippen molar-refractivity contribution >= 4 is 29.8 Å². The van der Waals surface area contributed by atoms with E-state index in [-0.39, 0.29) is 0 Å². The molecular weight excluding hydrogens is 908 g/mol. The molecule has 0 amide bonds. The molecule has 5 atom stereocenters. The quantitative estimate of drug-likeness (QED) is 0.0627. The number of rotatable bonds is 7. The monoisotopic (exact) mass is 938 g/mol. The maximum Gasteiger partial charge on any atom is 0.341 e. The highest BCUT2D eigenvalue weighted by molar-refractivity contribution is 6.08. The molecule has 26 nitrogen and oxygen atoms in total. The summed E-state index contributed by atoms with van der Waals surface area (Å²) in [6.45, 7) is -1.24. The van der Waals surface area contributed by atoms with Gasteiger partial charge in [0.2, 0.25) is 23.9 Å². The number of phenols is 15. The summed E-state index contributed by atoms with van der Waals surface area (Å²) < 4.78 is 33.5. The van der Waals surface area contributed by atoms with Crippen LogP contribution in [0.3, 0.4) is 0 Å². The van der Waals surface area contributed by atoms with E-state index in [0.29, 0.717) is 48.5 Å². The number of benzene rings is 5. The van der Waals surface area contributed by atoms with Crippen LogP contribution in [0.4, 0.5) is 0 Å². The summed E-state index contributed by atoms with van der Waals surface area (Å²) in [4.78, 5) is 69.7. The second-order valence-electron chi connectivity index (χ2n) is 14.3. The fourth-order valence-electron chi connectivity index (χ4n) is 6.77. The molecule has 15 N–H and O–H groups in total. The molecule has 0 aromatic heterocycles. The first-order valence-electron chi connectivity index (χ1n) is 18.5. The molecule has 0 aliphatic carbocycles. The molecule has 26 heteroatoms. The molecule has 0 radical (unpaired) electrons. The van der Waals surface area contributed by atoms with E-state index in [1.54, 1.807) is 0 Å². The van der Waals surface area contributed by atoms with Crippen molar-refractivity contribution < 1.29 is 129 Å². The van der Waals surface area contributed by atoms with Crippen LogP contribution in [0.15, 0.2) is 48.5 Å². The van der Waals surface area contributed by atoms with Crippen molar-refractivity contribution in [3.63, 3.8) is 0 Å². The van der Waals surface area contributed by atoms with Gasteiger partial charge in [0.05, 0.1) is 27.8 Å². The van der Waals surface area contributed by atoms with Crippen LogP contribution in [-0.2, 0) is 28.4 Å². The van der Waals surface area contributed by atoms with E-state index in [4.69, 9.17) is 28.4 Å². The number of carbonyl (C=O) groups is 5. The summed E-state index contributed by atoms with van der Waals surface area (Å²) >= 11 is 0. The highest BCUT2D eigenvalue weighted by Crippen LogP contribution is 2.53. The van der Waals surface area contributed by atoms with Gasteiger partial charge in [0.15, 0.2) is 87.0 Å². The maximum absolute atomic E-state index is 14.5. The summed E-state index contributed by atoms with van der Waals surface area (Å²) in [5.74, 6) is -26.5. The van der Waals surface area contributed by atoms with Gasteiger partial charge in [-0.3, -0.25) is 0 Å². The van der Waals surface area contributed by atoms with Gasteiger partial charge in [-0.1, -0.05) is 0 Å². The molecule has 1 saturated heterocycles. The zero-order valence-corrected chi connectivity index (χ0v) is 32.9. The number of phenolic OH excluding ortho intramolecular Hbond substituents is 15. The highest BCUT2D eigenvalue weighted by Gasteiger charge is 2.55. The third-order valence-electron chi connectivity index (χ3n) is 10.0. The van der Waals surface area contributed by atoms with Gasteiger partial charge in [0, 0.05) is 11.1 Å². The second kappa shape index (κ2) is 16.8. The van der Waals surface area contributed by atoms with Gasteiger partial charge in [0.25, 0.3) is 0 Å². The van der Waals surface area contributed by atoms with Crippen LogP contribution < -0.4 is 0 Å². The molecule has 350 valence electrons. The molecule has 0 saturated carbocycles. The number of esters is 5. The highest BCUT2D eigenvalue weighted by atomic mass is 16.7. The lowest BCUT2D eigenvalue weighted by Gasteiger charge is -2.43. The first-order chi connectivity index (χ1) is 31.5. The molecule has 2 bridgehead atoms. The molecule has 0 spiro atoms. The predicted molar refractivity (Wildman–Crippen MR) is 208 cm³/mol. The molecule has 2 heterocycles. The Labute approximate surface area is 369 Å². The lowest BCUT2D eigenvalue weighted by atomic mass is 9.92. The molecule has 67 heavy (non-hydrogen) atoms. The van der Waals surface area contributed by atoms with Crippen molar-refractivity contribution in [2.45, 2.75) is 30.7 Å². The van der Waals surface area contributed by atoms with E-state index in [9.17, 15) is 101 Å². The Kier molecular flexibility index (Phi) is 11.4. The number of carbonyl (C=O) groups excluding carboxylic acids is 5. The molecule has 5 aromatic rings. The minimum atomic E-state index is -2.57. The van der Waals surface area contributed by atoms with Crippen LogP contribution in [0.2, 0.25) is 0 Å². The van der Waals surface area contributed by atoms with Crippen molar-refractivity contribution in [3.05, 3.63) is 76.3 Å². The number of hydrogen-bond donors (Lipinski definition) is 15. The maximum atomic E-state index is 14.5. The van der Waals surface area contributed by atoms with Gasteiger partial charge in [-0.25, -0.2) is 24.0 Å². The molecule has 1 fully saturated rings. The molecule has 0 unspecified atom stereocenters. The first-order valence-corrected chi connectivity index (χ1v) is 18.5. The summed E-state index contributed by atoms with van der Waals surface area (Å²) in [5.41, 5.74) is -6.73. The normalized spacial score (nSPS) is 18.8. The largest absolute Gasteiger partial charge is 0.504 e. The van der Waals surface area contributed by atoms with Crippen molar-refractivity contribution in [3.8, 4) is 97.4 Å². The fourth-order valence-corrected chi connectivity index (χ4v) is 6.77. The van der Waals surface area contributed by atoms with E-state index in [1.165, 1.54) is 0 Å². The third kappa shape index (κ3) is 8.12. The Bertz CT molecular complexity index is 2870. The summed E-state index contributed by atoms with van der Waals surface area (Å²) in [6.07, 6.45) is -12.2. The number of aromatic hydroxyl groups is 15. The van der Waals surface area contributed by atoms with Crippen molar-refractivity contribution in [2.24, 2.45) is 0 Å². The minimum Gasteiger partial charge on any atom is -0.504 e. The number of hydrogen-bond acceptors (Lipinski definition) is 26. The van der Waals surface area contributed by atoms with Crippen molar-refractivity contribution in [1.82, 2.24) is 0 Å². The van der Waals surface area contributed by atoms with E-state index >= 15 is 0 Å². The van der Waals surface area contributed by atoms with Gasteiger partial charge in [-0.05, 0) is 48.5 Å². The van der Waals surface area contributed by atoms with Crippen molar-refractivity contribution in [1.29, 1.82) is 0 Å². The van der Waals surface area contributed by atoms with Crippen LogP contribution in [0.25, 0.3) is 11.1 Å². The average Bonchev–Trinajstić information content (AvgIpc) is 3.28. The van der Waals surface area contributed by atoms with Gasteiger partial charge >= 0.3 is 29.8 Å². The topological polar surface area (TPSA) is 444 Å². The zero-order valence-electron chi connectivity index (χ0n) is 32.9. The Morgan fingerprint density at radius 1 is 0.433 bits per heavy atom. The molecular formula is C41H30O26. The smallest absolute Gasteiger partial charge is 0.341 e. The Balaban J connectivity index is 1.44. The second-order valence-corrected chi connectivity index (χ2v) is 14.3. The fraction of sp³-hybridized carbons (Fsp3) is 0.146. The van der Waals surface area contributed by atoms with Gasteiger partial charge < -0.3 is 105 Å². The van der Waals surface area contributed by atoms with Crippen LogP contribution in [0.1, 0.15) is 51.8 Å². The SMILES string of the molecule is O=C(OC[C@H]1O[C@H]2OC(=O)c3cc(O)c(O)c(O)c3-c3c(cc(O)c(O)c3O)C(=O)O[C@H]([C@H]2OC(=O)c2cc(O)c(O)c(O)c2)[C@@H]1OC(=O)c1cc(O)c(O)c(O)c1)c1cc(O)c(O)c(O)c1. The average molecular weight is 939 g/mol. The van der Waals surface area contributed by atoms with Crippen molar-refractivity contribution in [2.75, 3.05) is 6.61 Å². The van der Waals surface area contributed by atoms with Gasteiger partial charge in [-0.2, -0.15) is 0 Å². The molecule has 2 aliphatic heterocycles. The van der Waals surface area contributed by atoms with E-state index in [2.05, 4.69) is 0 Å². The summed E-state index contributed by atoms with van der Waals surface area (Å²) in [5, 5.41) is 154. The Morgan fingerprint density at radius 2 is 0.776 bits per heavy atom. The Morgan fingerprint density at radius 3 is 1.18 bits per heavy atom. The molecule has 5 aromatic carbocycles. The van der Waals surface area contributed by atoms with Crippen LogP contribution in [0.5, 0.6) is 86.2 Å². The zero-order chi connectivity index (χ0) is 49.1. The molecule has 2 aliphatic rings. The number of fused-ring (bicyclic) bond motifs is 5. The van der Waals surface area contributed by atoms with Crippen LogP contribution >= 0.6 is 0 Å². The van der Waals surface area contributed by atoms with Gasteiger partial charge in [-0.15, -0.1) is 0 Å². The lowest BCUT2D eigenvalue weighted by molar-refractivity contribution is -0.282. The lowest BCUT2D eigenvalue weighted by Crippen LogP contribution is -2.63. The first kappa shape index (κ1) is 45.4. The van der Waals surface area contributed by atoms with E-state index in [1.807, 2.05) is 0 Å². The van der Waals surface area contributed by atoms with Crippen LogP contribution in [0, 0.1) is 0 Å². The van der Waals surface area contributed by atoms with Gasteiger partial charge in [0.1, 0.15) is 12.7 Å². The minimum absolute atomic E-state index is 0.383. The van der Waals surface area contributed by atoms with E-state index in [0.717, 1.165) is 0 Å². The van der Waals surface area contributed by atoms with E-state index < -0.39 is 192 Å². The standard InChI is InChI=1S/C41H30O26/c42-15-1-10(2-16(43)26(15)50)36(57)62-9-23-33(64-37(58)11-3-17(44)27(51)18(45)4-11)34-35(66-38(59)12-5-19(46)28(52)20(47)6-12)41(63-23)67-40(61)14-8-22(49)30(54)32(56)25(14)24-13(39(60)65-34)7-21(48)29(53)31(24)55/h1-8,23,33-35,41-56H,9H2/t23-,33-,34+,35-,41+/m1/s1. The number of ether oxygens (including phenoxy) is 6. The third-order valence-corrected chi connectivity index (χ3v) is 10.0. The molecule has 7 rings (SSSR count). The summed E-state index contributed by atoms with van der Waals surface area (Å²) in [6, 6.07) is 4.23.